The highest BCUT2D eigenvalue weighted by Crippen LogP contribution is 2.47. The van der Waals surface area contributed by atoms with Crippen LogP contribution < -0.4 is 21.8 Å². The Bertz CT molecular complexity index is 1140. The van der Waals surface area contributed by atoms with Gasteiger partial charge in [-0.1, -0.05) is 18.9 Å². The Morgan fingerprint density at radius 1 is 0.943 bits per heavy atom. The minimum Gasteiger partial charge on any atom is -0.502 e. The number of carbonyl (C=O) groups is 2. The highest BCUT2D eigenvalue weighted by atomic mass is 32.2. The van der Waals surface area contributed by atoms with Crippen LogP contribution >= 0.6 is 11.9 Å². The van der Waals surface area contributed by atoms with Crippen molar-refractivity contribution in [2.45, 2.75) is 19.8 Å². The van der Waals surface area contributed by atoms with Crippen molar-refractivity contribution in [2.24, 2.45) is 19.5 Å². The number of carbonyl (C=O) groups excluding carboxylic acids is 2. The molecule has 3 rings (SSSR count). The largest absolute Gasteiger partial charge is 0.502 e. The molecule has 1 saturated carbocycles. The average Bonchev–Trinajstić information content (AvgIpc) is 3.56. The van der Waals surface area contributed by atoms with Crippen LogP contribution in [0.3, 0.4) is 0 Å². The molecule has 0 aliphatic heterocycles. The number of aromatic hydroxyl groups is 2. The maximum Gasteiger partial charge on any atom is 0.293 e. The van der Waals surface area contributed by atoms with E-state index in [0.717, 1.165) is 18.6 Å². The lowest BCUT2D eigenvalue weighted by molar-refractivity contribution is 0.0944. The summed E-state index contributed by atoms with van der Waals surface area (Å²) in [5.74, 6) is -1.38. The van der Waals surface area contributed by atoms with E-state index < -0.39 is 34.4 Å². The molecule has 4 N–H and O–H groups in total. The number of pyridine rings is 2. The van der Waals surface area contributed by atoms with Gasteiger partial charge in [-0.2, -0.15) is 0 Å². The van der Waals surface area contributed by atoms with Gasteiger partial charge in [0.15, 0.2) is 11.5 Å². The van der Waals surface area contributed by atoms with Gasteiger partial charge >= 0.3 is 0 Å². The molecule has 1 aliphatic carbocycles. The first-order chi connectivity index (χ1) is 16.5. The van der Waals surface area contributed by atoms with Crippen LogP contribution in [0.5, 0.6) is 11.5 Å². The zero-order valence-corrected chi connectivity index (χ0v) is 20.9. The van der Waals surface area contributed by atoms with Gasteiger partial charge < -0.3 is 30.0 Å². The monoisotopic (exact) mass is 505 g/mol. The maximum absolute atomic E-state index is 12.4. The highest BCUT2D eigenvalue weighted by Gasteiger charge is 2.37. The predicted octanol–water partition coefficient (Wildman–Crippen LogP) is 0.405. The van der Waals surface area contributed by atoms with Gasteiger partial charge in [0.25, 0.3) is 22.9 Å². The zero-order valence-electron chi connectivity index (χ0n) is 20.0. The van der Waals surface area contributed by atoms with Crippen LogP contribution in [-0.4, -0.2) is 67.4 Å². The summed E-state index contributed by atoms with van der Waals surface area (Å²) in [5, 5.41) is 25.4. The normalized spacial score (nSPS) is 14.1. The van der Waals surface area contributed by atoms with Crippen LogP contribution in [0.15, 0.2) is 34.1 Å². The summed E-state index contributed by atoms with van der Waals surface area (Å²) in [6.45, 7) is 3.66. The standard InChI is InChI=1S/C23H31N5O6S/c1-23(6-7-23)14-35-28(12-8-24-19(31)15-4-10-26(2)21(33)17(15)29)13-9-25-20(32)16-5-11-27(3)22(34)18(16)30/h4-5,10-11,29-30H,6-9,12-14H2,1-3H3,(H,24,31)(H,25,32). The summed E-state index contributed by atoms with van der Waals surface area (Å²) in [5.41, 5.74) is -1.17. The fourth-order valence-corrected chi connectivity index (χ4v) is 4.45. The van der Waals surface area contributed by atoms with E-state index in [1.165, 1.54) is 47.8 Å². The molecule has 1 aliphatic rings. The summed E-state index contributed by atoms with van der Waals surface area (Å²) in [6.07, 6.45) is 5.15. The van der Waals surface area contributed by atoms with E-state index >= 15 is 0 Å². The molecule has 0 aromatic carbocycles. The first-order valence-electron chi connectivity index (χ1n) is 11.2. The molecule has 190 valence electrons. The quantitative estimate of drug-likeness (QED) is 0.321. The fourth-order valence-electron chi connectivity index (χ4n) is 3.22. The third-order valence-corrected chi connectivity index (χ3v) is 7.52. The minimum atomic E-state index is -0.648. The number of rotatable bonds is 11. The van der Waals surface area contributed by atoms with Crippen LogP contribution in [0.1, 0.15) is 40.5 Å². The number of hydrogen-bond acceptors (Lipinski definition) is 8. The van der Waals surface area contributed by atoms with Crippen molar-refractivity contribution in [1.29, 1.82) is 0 Å². The molecule has 2 aromatic heterocycles. The number of amides is 2. The molecule has 35 heavy (non-hydrogen) atoms. The lowest BCUT2D eigenvalue weighted by Gasteiger charge is -2.23. The third kappa shape index (κ3) is 6.67. The SMILES string of the molecule is Cn1ccc(C(=O)NCCN(CCNC(=O)c2ccn(C)c(=O)c2O)SCC2(C)CC2)c(O)c1=O. The second kappa shape index (κ2) is 11.0. The summed E-state index contributed by atoms with van der Waals surface area (Å²) >= 11 is 1.63. The average molecular weight is 506 g/mol. The molecule has 0 atom stereocenters. The molecule has 0 bridgehead atoms. The summed E-state index contributed by atoms with van der Waals surface area (Å²) in [7, 11) is 2.97. The van der Waals surface area contributed by atoms with Crippen molar-refractivity contribution < 1.29 is 19.8 Å². The van der Waals surface area contributed by atoms with Crippen molar-refractivity contribution in [2.75, 3.05) is 31.9 Å². The topological polar surface area (TPSA) is 146 Å². The molecule has 2 aromatic rings. The maximum atomic E-state index is 12.4. The molecule has 0 spiro atoms. The van der Waals surface area contributed by atoms with Crippen LogP contribution in [0.4, 0.5) is 0 Å². The number of aromatic nitrogens is 2. The molecule has 2 heterocycles. The predicted molar refractivity (Wildman–Crippen MR) is 133 cm³/mol. The van der Waals surface area contributed by atoms with Gasteiger partial charge in [-0.3, -0.25) is 19.2 Å². The summed E-state index contributed by atoms with van der Waals surface area (Å²) in [4.78, 5) is 48.5. The van der Waals surface area contributed by atoms with E-state index in [1.807, 2.05) is 4.31 Å². The number of aryl methyl sites for hydroxylation is 2. The van der Waals surface area contributed by atoms with Gasteiger partial charge in [-0.05, 0) is 30.4 Å². The Morgan fingerprint density at radius 3 is 1.77 bits per heavy atom. The molecule has 0 radical (unpaired) electrons. The van der Waals surface area contributed by atoms with E-state index in [1.54, 1.807) is 11.9 Å². The van der Waals surface area contributed by atoms with Crippen molar-refractivity contribution in [3.05, 3.63) is 56.4 Å². The van der Waals surface area contributed by atoms with Gasteiger partial charge in [0.05, 0.1) is 11.1 Å². The van der Waals surface area contributed by atoms with Gasteiger partial charge in [0.1, 0.15) is 0 Å². The first-order valence-corrected chi connectivity index (χ1v) is 12.2. The number of hydrogen-bond donors (Lipinski definition) is 4. The minimum absolute atomic E-state index is 0.0844. The van der Waals surface area contributed by atoms with E-state index in [-0.39, 0.29) is 24.2 Å². The zero-order chi connectivity index (χ0) is 25.8. The first kappa shape index (κ1) is 26.4. The Hall–Kier alpha value is -3.25. The van der Waals surface area contributed by atoms with Crippen LogP contribution in [0.25, 0.3) is 0 Å². The Balaban J connectivity index is 1.54. The number of nitrogens with zero attached hydrogens (tertiary/aromatic N) is 3. The molecular formula is C23H31N5O6S. The molecular weight excluding hydrogens is 474 g/mol. The van der Waals surface area contributed by atoms with E-state index in [2.05, 4.69) is 17.6 Å². The van der Waals surface area contributed by atoms with Crippen molar-refractivity contribution >= 4 is 23.8 Å². The van der Waals surface area contributed by atoms with Crippen molar-refractivity contribution in [3.63, 3.8) is 0 Å². The summed E-state index contributed by atoms with van der Waals surface area (Å²) in [6, 6.07) is 2.77. The Labute approximate surface area is 206 Å². The Kier molecular flexibility index (Phi) is 8.28. The van der Waals surface area contributed by atoms with E-state index in [4.69, 9.17) is 0 Å². The van der Waals surface area contributed by atoms with Gasteiger partial charge in [0.2, 0.25) is 0 Å². The molecule has 0 unspecified atom stereocenters. The third-order valence-electron chi connectivity index (χ3n) is 5.97. The highest BCUT2D eigenvalue weighted by molar-refractivity contribution is 7.97. The second-order valence-electron chi connectivity index (χ2n) is 9.01. The van der Waals surface area contributed by atoms with Gasteiger partial charge in [-0.15, -0.1) is 0 Å². The summed E-state index contributed by atoms with van der Waals surface area (Å²) < 4.78 is 4.40. The van der Waals surface area contributed by atoms with Crippen molar-refractivity contribution in [3.8, 4) is 11.5 Å². The van der Waals surface area contributed by atoms with Crippen LogP contribution in [0, 0.1) is 5.41 Å². The lowest BCUT2D eigenvalue weighted by Crippen LogP contribution is -2.37. The molecule has 11 nitrogen and oxygen atoms in total. The van der Waals surface area contributed by atoms with E-state index in [9.17, 15) is 29.4 Å². The second-order valence-corrected chi connectivity index (χ2v) is 10.1. The van der Waals surface area contributed by atoms with Crippen molar-refractivity contribution in [1.82, 2.24) is 24.1 Å². The fraction of sp³-hybridized carbons (Fsp3) is 0.478. The van der Waals surface area contributed by atoms with Crippen LogP contribution in [0.2, 0.25) is 0 Å². The molecule has 1 fully saturated rings. The number of nitrogens with one attached hydrogen (secondary N) is 2. The smallest absolute Gasteiger partial charge is 0.293 e. The van der Waals surface area contributed by atoms with E-state index in [0.29, 0.717) is 18.5 Å². The molecule has 0 saturated heterocycles. The van der Waals surface area contributed by atoms with Crippen LogP contribution in [-0.2, 0) is 14.1 Å². The molecule has 2 amide bonds. The Morgan fingerprint density at radius 2 is 1.37 bits per heavy atom. The van der Waals surface area contributed by atoms with Gasteiger partial charge in [-0.25, -0.2) is 4.31 Å². The van der Waals surface area contributed by atoms with Gasteiger partial charge in [0, 0.05) is 58.4 Å². The lowest BCUT2D eigenvalue weighted by atomic mass is 10.2. The molecule has 12 heteroatoms.